The minimum absolute atomic E-state index is 0.863. The molecule has 0 fully saturated rings. The summed E-state index contributed by atoms with van der Waals surface area (Å²) in [5, 5.41) is 0. The van der Waals surface area contributed by atoms with Crippen LogP contribution in [-0.2, 0) is 19.5 Å². The quantitative estimate of drug-likeness (QED) is 0.829. The van der Waals surface area contributed by atoms with Gasteiger partial charge in [-0.3, -0.25) is 4.90 Å². The molecule has 0 bridgehead atoms. The van der Waals surface area contributed by atoms with Crippen molar-refractivity contribution in [2.75, 3.05) is 6.54 Å². The van der Waals surface area contributed by atoms with Gasteiger partial charge in [0.05, 0.1) is 6.54 Å². The van der Waals surface area contributed by atoms with Gasteiger partial charge in [0.2, 0.25) is 0 Å². The molecular formula is C15H19N3O. The van der Waals surface area contributed by atoms with Gasteiger partial charge >= 0.3 is 0 Å². The van der Waals surface area contributed by atoms with E-state index in [0.29, 0.717) is 0 Å². The van der Waals surface area contributed by atoms with Gasteiger partial charge in [-0.2, -0.15) is 0 Å². The Morgan fingerprint density at radius 3 is 2.89 bits per heavy atom. The van der Waals surface area contributed by atoms with E-state index in [2.05, 4.69) is 27.9 Å². The number of fused-ring (bicyclic) bond motifs is 1. The van der Waals surface area contributed by atoms with Crippen LogP contribution in [0.4, 0.5) is 0 Å². The third-order valence-corrected chi connectivity index (χ3v) is 3.73. The van der Waals surface area contributed by atoms with Crippen molar-refractivity contribution < 1.29 is 4.42 Å². The average Bonchev–Trinajstić information content (AvgIpc) is 2.68. The van der Waals surface area contributed by atoms with Gasteiger partial charge in [0.25, 0.3) is 0 Å². The lowest BCUT2D eigenvalue weighted by Crippen LogP contribution is -2.30. The lowest BCUT2D eigenvalue weighted by atomic mass is 10.1. The molecular weight excluding hydrogens is 238 g/mol. The summed E-state index contributed by atoms with van der Waals surface area (Å²) in [6.07, 6.45) is 2.96. The molecule has 0 aliphatic carbocycles. The van der Waals surface area contributed by atoms with Crippen LogP contribution in [0.1, 0.15) is 34.2 Å². The van der Waals surface area contributed by atoms with Crippen LogP contribution in [0.3, 0.4) is 0 Å². The number of rotatable bonds is 2. The Hall–Kier alpha value is -1.68. The zero-order valence-corrected chi connectivity index (χ0v) is 11.7. The predicted octanol–water partition coefficient (Wildman–Crippen LogP) is 2.55. The molecule has 0 unspecified atom stereocenters. The summed E-state index contributed by atoms with van der Waals surface area (Å²) in [6.45, 7) is 8.85. The van der Waals surface area contributed by atoms with Gasteiger partial charge in [-0.25, -0.2) is 9.97 Å². The van der Waals surface area contributed by atoms with E-state index in [1.54, 1.807) is 0 Å². The fraction of sp³-hybridized carbons (Fsp3) is 0.467. The van der Waals surface area contributed by atoms with Crippen molar-refractivity contribution in [1.29, 1.82) is 0 Å². The topological polar surface area (TPSA) is 42.2 Å². The first-order valence-electron chi connectivity index (χ1n) is 6.71. The highest BCUT2D eigenvalue weighted by molar-refractivity contribution is 5.22. The Morgan fingerprint density at radius 2 is 2.16 bits per heavy atom. The molecule has 100 valence electrons. The summed E-state index contributed by atoms with van der Waals surface area (Å²) in [5.74, 6) is 2.93. The van der Waals surface area contributed by atoms with Gasteiger partial charge in [-0.05, 0) is 32.4 Å². The maximum Gasteiger partial charge on any atom is 0.125 e. The van der Waals surface area contributed by atoms with E-state index in [-0.39, 0.29) is 0 Å². The highest BCUT2D eigenvalue weighted by Crippen LogP contribution is 2.20. The Labute approximate surface area is 113 Å². The van der Waals surface area contributed by atoms with Crippen LogP contribution in [0.25, 0.3) is 0 Å². The third kappa shape index (κ3) is 2.54. The Morgan fingerprint density at radius 1 is 1.32 bits per heavy atom. The Balaban J connectivity index is 1.73. The van der Waals surface area contributed by atoms with Crippen molar-refractivity contribution in [2.24, 2.45) is 0 Å². The molecule has 0 saturated carbocycles. The molecule has 4 heteroatoms. The maximum atomic E-state index is 5.75. The molecule has 1 aliphatic rings. The van der Waals surface area contributed by atoms with Gasteiger partial charge in [0.15, 0.2) is 0 Å². The Kier molecular flexibility index (Phi) is 3.11. The van der Waals surface area contributed by atoms with Crippen molar-refractivity contribution in [3.63, 3.8) is 0 Å². The van der Waals surface area contributed by atoms with Gasteiger partial charge in [-0.15, -0.1) is 0 Å². The SMILES string of the molecule is Cc1ncc2c(n1)CCN(Cc1cc(C)c(C)o1)C2. The smallest absolute Gasteiger partial charge is 0.125 e. The van der Waals surface area contributed by atoms with Crippen molar-refractivity contribution in [3.8, 4) is 0 Å². The molecule has 0 atom stereocenters. The van der Waals surface area contributed by atoms with Crippen LogP contribution in [0.5, 0.6) is 0 Å². The molecule has 0 amide bonds. The van der Waals surface area contributed by atoms with Gasteiger partial charge in [-0.1, -0.05) is 0 Å². The molecule has 0 N–H and O–H groups in total. The maximum absolute atomic E-state index is 5.75. The molecule has 19 heavy (non-hydrogen) atoms. The summed E-state index contributed by atoms with van der Waals surface area (Å²) in [7, 11) is 0. The number of nitrogens with zero attached hydrogens (tertiary/aromatic N) is 3. The first kappa shape index (κ1) is 12.4. The van der Waals surface area contributed by atoms with Crippen LogP contribution < -0.4 is 0 Å². The number of aryl methyl sites for hydroxylation is 3. The molecule has 3 heterocycles. The minimum Gasteiger partial charge on any atom is -0.465 e. The van der Waals surface area contributed by atoms with E-state index in [9.17, 15) is 0 Å². The first-order valence-corrected chi connectivity index (χ1v) is 6.71. The van der Waals surface area contributed by atoms with Crippen molar-refractivity contribution >= 4 is 0 Å². The van der Waals surface area contributed by atoms with Crippen LogP contribution in [0.15, 0.2) is 16.7 Å². The summed E-state index contributed by atoms with van der Waals surface area (Å²) in [4.78, 5) is 11.2. The minimum atomic E-state index is 0.863. The van der Waals surface area contributed by atoms with E-state index in [4.69, 9.17) is 4.42 Å². The van der Waals surface area contributed by atoms with E-state index >= 15 is 0 Å². The zero-order chi connectivity index (χ0) is 13.4. The molecule has 0 spiro atoms. The summed E-state index contributed by atoms with van der Waals surface area (Å²) in [6, 6.07) is 2.14. The molecule has 0 radical (unpaired) electrons. The van der Waals surface area contributed by atoms with Crippen LogP contribution in [-0.4, -0.2) is 21.4 Å². The average molecular weight is 257 g/mol. The van der Waals surface area contributed by atoms with E-state index in [1.807, 2.05) is 20.0 Å². The van der Waals surface area contributed by atoms with Crippen molar-refractivity contribution in [3.05, 3.63) is 46.4 Å². The fourth-order valence-corrected chi connectivity index (χ4v) is 2.56. The van der Waals surface area contributed by atoms with Crippen molar-refractivity contribution in [1.82, 2.24) is 14.9 Å². The van der Waals surface area contributed by atoms with Crippen molar-refractivity contribution in [2.45, 2.75) is 40.3 Å². The molecule has 3 rings (SSSR count). The van der Waals surface area contributed by atoms with Gasteiger partial charge in [0, 0.05) is 37.0 Å². The summed E-state index contributed by atoms with van der Waals surface area (Å²) >= 11 is 0. The van der Waals surface area contributed by atoms with E-state index in [1.165, 1.54) is 16.8 Å². The zero-order valence-electron chi connectivity index (χ0n) is 11.7. The monoisotopic (exact) mass is 257 g/mol. The first-order chi connectivity index (χ1) is 9.11. The van der Waals surface area contributed by atoms with Crippen LogP contribution in [0.2, 0.25) is 0 Å². The molecule has 2 aromatic heterocycles. The highest BCUT2D eigenvalue weighted by atomic mass is 16.3. The van der Waals surface area contributed by atoms with Gasteiger partial charge in [0.1, 0.15) is 17.3 Å². The number of aromatic nitrogens is 2. The molecule has 4 nitrogen and oxygen atoms in total. The van der Waals surface area contributed by atoms with Crippen LogP contribution >= 0.6 is 0 Å². The normalized spacial score (nSPS) is 15.5. The summed E-state index contributed by atoms with van der Waals surface area (Å²) in [5.41, 5.74) is 3.68. The second kappa shape index (κ2) is 4.78. The number of hydrogen-bond donors (Lipinski definition) is 0. The lowest BCUT2D eigenvalue weighted by Gasteiger charge is -2.27. The van der Waals surface area contributed by atoms with E-state index in [0.717, 1.165) is 43.4 Å². The molecule has 0 saturated heterocycles. The molecule has 1 aliphatic heterocycles. The molecule has 2 aromatic rings. The summed E-state index contributed by atoms with van der Waals surface area (Å²) < 4.78 is 5.75. The predicted molar refractivity (Wildman–Crippen MR) is 72.8 cm³/mol. The fourth-order valence-electron chi connectivity index (χ4n) is 2.56. The van der Waals surface area contributed by atoms with Gasteiger partial charge < -0.3 is 4.42 Å². The third-order valence-electron chi connectivity index (χ3n) is 3.73. The van der Waals surface area contributed by atoms with E-state index < -0.39 is 0 Å². The Bertz CT molecular complexity index is 584. The number of hydrogen-bond acceptors (Lipinski definition) is 4. The lowest BCUT2D eigenvalue weighted by molar-refractivity contribution is 0.222. The largest absolute Gasteiger partial charge is 0.465 e. The second-order valence-corrected chi connectivity index (χ2v) is 5.30. The molecule has 0 aromatic carbocycles. The van der Waals surface area contributed by atoms with Crippen LogP contribution in [0, 0.1) is 20.8 Å². The number of furan rings is 1. The standard InChI is InChI=1S/C15H19N3O/c1-10-6-14(19-11(10)2)9-18-5-4-15-13(8-18)7-16-12(3)17-15/h6-7H,4-5,8-9H2,1-3H3. The highest BCUT2D eigenvalue weighted by Gasteiger charge is 2.19. The second-order valence-electron chi connectivity index (χ2n) is 5.30.